The van der Waals surface area contributed by atoms with Gasteiger partial charge in [0.2, 0.25) is 6.79 Å². The summed E-state index contributed by atoms with van der Waals surface area (Å²) in [5.41, 5.74) is 2.86. The van der Waals surface area contributed by atoms with E-state index in [4.69, 9.17) is 14.2 Å². The zero-order valence-electron chi connectivity index (χ0n) is 17.2. The lowest BCUT2D eigenvalue weighted by molar-refractivity contribution is -0.674. The summed E-state index contributed by atoms with van der Waals surface area (Å²) in [6.45, 7) is 7.12. The number of anilines is 1. The number of aryl methyl sites for hydroxylation is 1. The molecule has 0 atom stereocenters. The summed E-state index contributed by atoms with van der Waals surface area (Å²) in [6.07, 6.45) is 0. The van der Waals surface area contributed by atoms with Crippen molar-refractivity contribution in [1.29, 1.82) is 0 Å². The van der Waals surface area contributed by atoms with E-state index in [0.29, 0.717) is 29.4 Å². The molecule has 0 saturated carbocycles. The molecule has 1 aromatic heterocycles. The molecule has 1 N–H and O–H groups in total. The van der Waals surface area contributed by atoms with E-state index in [2.05, 4.69) is 9.88 Å². The molecule has 0 fully saturated rings. The van der Waals surface area contributed by atoms with Crippen molar-refractivity contribution in [3.05, 3.63) is 47.8 Å². The molecule has 4 rings (SSSR count). The maximum absolute atomic E-state index is 12.8. The summed E-state index contributed by atoms with van der Waals surface area (Å²) >= 11 is 0. The maximum atomic E-state index is 12.8. The zero-order valence-corrected chi connectivity index (χ0v) is 17.2. The third-order valence-corrected chi connectivity index (χ3v) is 5.12. The van der Waals surface area contributed by atoms with Crippen molar-refractivity contribution >= 4 is 28.6 Å². The van der Waals surface area contributed by atoms with Crippen LogP contribution in [0.1, 0.15) is 30.0 Å². The van der Waals surface area contributed by atoms with Crippen molar-refractivity contribution in [3.63, 3.8) is 0 Å². The quantitative estimate of drug-likeness (QED) is 0.499. The first-order valence-electron chi connectivity index (χ1n) is 9.91. The van der Waals surface area contributed by atoms with Gasteiger partial charge >= 0.3 is 5.97 Å². The fourth-order valence-electron chi connectivity index (χ4n) is 3.72. The highest BCUT2D eigenvalue weighted by atomic mass is 16.7. The number of hydrogen-bond donors (Lipinski definition) is 1. The van der Waals surface area contributed by atoms with Gasteiger partial charge in [-0.3, -0.25) is 4.79 Å². The lowest BCUT2D eigenvalue weighted by Gasteiger charge is -2.06. The molecule has 0 aliphatic carbocycles. The Labute approximate surface area is 174 Å². The van der Waals surface area contributed by atoms with Crippen LogP contribution in [-0.2, 0) is 22.6 Å². The van der Waals surface area contributed by atoms with E-state index in [-0.39, 0.29) is 25.2 Å². The van der Waals surface area contributed by atoms with Crippen molar-refractivity contribution in [2.24, 2.45) is 0 Å². The zero-order chi connectivity index (χ0) is 21.3. The molecule has 30 heavy (non-hydrogen) atoms. The standard InChI is InChI=1S/C22H23N3O5/c1-4-24-14(3)25(18-10-15(6-8-17(18)24)22(27)28-5-2)12-21(26)23-16-7-9-19-20(11-16)30-13-29-19/h6-11H,4-5,12-13H2,1-3H3/p+1. The van der Waals surface area contributed by atoms with E-state index in [9.17, 15) is 9.59 Å². The number of rotatable bonds is 6. The largest absolute Gasteiger partial charge is 0.462 e. The van der Waals surface area contributed by atoms with Gasteiger partial charge in [0.1, 0.15) is 0 Å². The third kappa shape index (κ3) is 3.56. The number of imidazole rings is 1. The Morgan fingerprint density at radius 3 is 2.70 bits per heavy atom. The van der Waals surface area contributed by atoms with E-state index in [1.807, 2.05) is 24.5 Å². The molecule has 2 aromatic carbocycles. The Morgan fingerprint density at radius 2 is 1.93 bits per heavy atom. The fourth-order valence-corrected chi connectivity index (χ4v) is 3.72. The van der Waals surface area contributed by atoms with Crippen LogP contribution in [-0.4, -0.2) is 29.8 Å². The molecule has 0 unspecified atom stereocenters. The van der Waals surface area contributed by atoms with Crippen molar-refractivity contribution in [2.45, 2.75) is 33.9 Å². The topological polar surface area (TPSA) is 82.7 Å². The second-order valence-electron chi connectivity index (χ2n) is 6.92. The van der Waals surface area contributed by atoms with Crippen LogP contribution in [0, 0.1) is 6.92 Å². The smallest absolute Gasteiger partial charge is 0.338 e. The molecule has 1 aliphatic rings. The lowest BCUT2D eigenvalue weighted by atomic mass is 10.2. The Kier molecular flexibility index (Phi) is 5.31. The number of esters is 1. The molecule has 2 heterocycles. The van der Waals surface area contributed by atoms with Gasteiger partial charge in [-0.15, -0.1) is 0 Å². The number of nitrogens with zero attached hydrogens (tertiary/aromatic N) is 2. The summed E-state index contributed by atoms with van der Waals surface area (Å²) in [5.74, 6) is 1.64. The molecular formula is C22H24N3O5+. The molecule has 156 valence electrons. The van der Waals surface area contributed by atoms with Gasteiger partial charge in [-0.1, -0.05) is 0 Å². The van der Waals surface area contributed by atoms with Crippen molar-refractivity contribution in [3.8, 4) is 11.5 Å². The first-order chi connectivity index (χ1) is 14.5. The normalized spacial score (nSPS) is 12.2. The number of fused-ring (bicyclic) bond motifs is 2. The molecule has 0 saturated heterocycles. The highest BCUT2D eigenvalue weighted by molar-refractivity contribution is 5.94. The first kappa shape index (κ1) is 19.8. The third-order valence-electron chi connectivity index (χ3n) is 5.12. The summed E-state index contributed by atoms with van der Waals surface area (Å²) < 4.78 is 19.8. The minimum Gasteiger partial charge on any atom is -0.462 e. The van der Waals surface area contributed by atoms with Gasteiger partial charge in [0.15, 0.2) is 29.1 Å². The van der Waals surface area contributed by atoms with Gasteiger partial charge in [-0.2, -0.15) is 0 Å². The predicted octanol–water partition coefficient (Wildman–Crippen LogP) is 2.80. The number of aromatic nitrogens is 2. The van der Waals surface area contributed by atoms with Crippen LogP contribution in [0.25, 0.3) is 11.0 Å². The molecule has 0 radical (unpaired) electrons. The maximum Gasteiger partial charge on any atom is 0.338 e. The summed E-state index contributed by atoms with van der Waals surface area (Å²) in [6, 6.07) is 10.7. The molecular weight excluding hydrogens is 386 g/mol. The molecule has 1 amide bonds. The monoisotopic (exact) mass is 410 g/mol. The van der Waals surface area contributed by atoms with Crippen molar-refractivity contribution < 1.29 is 28.4 Å². The second-order valence-corrected chi connectivity index (χ2v) is 6.92. The van der Waals surface area contributed by atoms with Crippen LogP contribution in [0.15, 0.2) is 36.4 Å². The van der Waals surface area contributed by atoms with Crippen molar-refractivity contribution in [1.82, 2.24) is 4.57 Å². The minimum atomic E-state index is -0.377. The Morgan fingerprint density at radius 1 is 1.13 bits per heavy atom. The number of nitrogens with one attached hydrogen (secondary N) is 1. The van der Waals surface area contributed by atoms with Gasteiger partial charge in [-0.05, 0) is 38.1 Å². The number of hydrogen-bond acceptors (Lipinski definition) is 5. The van der Waals surface area contributed by atoms with Crippen LogP contribution in [0.4, 0.5) is 5.69 Å². The summed E-state index contributed by atoms with van der Waals surface area (Å²) in [4.78, 5) is 25.0. The number of benzene rings is 2. The lowest BCUT2D eigenvalue weighted by Crippen LogP contribution is -2.35. The van der Waals surface area contributed by atoms with Crippen LogP contribution in [0.2, 0.25) is 0 Å². The molecule has 8 nitrogen and oxygen atoms in total. The molecule has 1 aliphatic heterocycles. The number of carbonyl (C=O) groups excluding carboxylic acids is 2. The number of ether oxygens (including phenoxy) is 3. The Balaban J connectivity index is 1.63. The Hall–Kier alpha value is -3.55. The second kappa shape index (κ2) is 8.06. The number of carbonyl (C=O) groups is 2. The van der Waals surface area contributed by atoms with Gasteiger partial charge in [-0.25, -0.2) is 13.9 Å². The predicted molar refractivity (Wildman–Crippen MR) is 110 cm³/mol. The van der Waals surface area contributed by atoms with Crippen LogP contribution < -0.4 is 19.4 Å². The van der Waals surface area contributed by atoms with Gasteiger partial charge in [0.25, 0.3) is 11.7 Å². The van der Waals surface area contributed by atoms with E-state index in [1.54, 1.807) is 37.3 Å². The average Bonchev–Trinajstić information content (AvgIpc) is 3.30. The molecule has 0 bridgehead atoms. The molecule has 0 spiro atoms. The average molecular weight is 410 g/mol. The molecule has 3 aromatic rings. The fraction of sp³-hybridized carbons (Fsp3) is 0.318. The van der Waals surface area contributed by atoms with E-state index >= 15 is 0 Å². The van der Waals surface area contributed by atoms with E-state index in [0.717, 1.165) is 23.4 Å². The SMILES string of the molecule is CCOC(=O)c1ccc2c(c1)n(CC(=O)Nc1ccc3c(c1)OCO3)c(C)[n+]2CC. The van der Waals surface area contributed by atoms with Gasteiger partial charge in [0, 0.05) is 24.7 Å². The van der Waals surface area contributed by atoms with Crippen LogP contribution in [0.5, 0.6) is 11.5 Å². The first-order valence-corrected chi connectivity index (χ1v) is 9.91. The van der Waals surface area contributed by atoms with Crippen LogP contribution in [0.3, 0.4) is 0 Å². The van der Waals surface area contributed by atoms with Gasteiger partial charge < -0.3 is 19.5 Å². The highest BCUT2D eigenvalue weighted by Gasteiger charge is 2.24. The minimum absolute atomic E-state index is 0.107. The summed E-state index contributed by atoms with van der Waals surface area (Å²) in [7, 11) is 0. The highest BCUT2D eigenvalue weighted by Crippen LogP contribution is 2.34. The number of amides is 1. The van der Waals surface area contributed by atoms with E-state index in [1.165, 1.54) is 0 Å². The van der Waals surface area contributed by atoms with E-state index < -0.39 is 0 Å². The van der Waals surface area contributed by atoms with Gasteiger partial charge in [0.05, 0.1) is 18.7 Å². The van der Waals surface area contributed by atoms with Crippen molar-refractivity contribution in [2.75, 3.05) is 18.7 Å². The molecule has 8 heteroatoms. The summed E-state index contributed by atoms with van der Waals surface area (Å²) in [5, 5.41) is 2.90. The van der Waals surface area contributed by atoms with Crippen LogP contribution >= 0.6 is 0 Å². The Bertz CT molecular complexity index is 1140.